The Balaban J connectivity index is 3.31. The molecular formula is C15H18O2. The number of allylic oxidation sites excluding steroid dienone is 4. The topological polar surface area (TPSA) is 29.5 Å². The van der Waals surface area contributed by atoms with E-state index in [2.05, 4.69) is 13.2 Å². The van der Waals surface area contributed by atoms with E-state index < -0.39 is 0 Å². The van der Waals surface area contributed by atoms with Crippen molar-refractivity contribution in [1.82, 2.24) is 0 Å². The average Bonchev–Trinajstić information content (AvgIpc) is 2.36. The highest BCUT2D eigenvalue weighted by Gasteiger charge is 2.07. The highest BCUT2D eigenvalue weighted by atomic mass is 16.5. The molecule has 0 saturated carbocycles. The Hall–Kier alpha value is -1.96. The van der Waals surface area contributed by atoms with Crippen LogP contribution in [0.25, 0.3) is 11.1 Å². The third-order valence-corrected chi connectivity index (χ3v) is 2.86. The van der Waals surface area contributed by atoms with Crippen molar-refractivity contribution in [3.8, 4) is 5.75 Å². The summed E-state index contributed by atoms with van der Waals surface area (Å²) in [7, 11) is 1.64. The fraction of sp³-hybridized carbons (Fsp3) is 0.200. The molecule has 1 rings (SSSR count). The van der Waals surface area contributed by atoms with Crippen LogP contribution in [0.5, 0.6) is 5.75 Å². The van der Waals surface area contributed by atoms with Gasteiger partial charge in [-0.15, -0.1) is 0 Å². The first-order chi connectivity index (χ1) is 8.01. The second kappa shape index (κ2) is 5.39. The molecule has 0 spiro atoms. The summed E-state index contributed by atoms with van der Waals surface area (Å²) in [6, 6.07) is 5.40. The number of rotatable bonds is 4. The minimum atomic E-state index is 0.210. The first kappa shape index (κ1) is 13.1. The highest BCUT2D eigenvalue weighted by molar-refractivity contribution is 5.78. The maximum atomic E-state index is 9.76. The summed E-state index contributed by atoms with van der Waals surface area (Å²) >= 11 is 0. The lowest BCUT2D eigenvalue weighted by molar-refractivity contribution is 0.295. The first-order valence-corrected chi connectivity index (χ1v) is 5.37. The molecule has 2 nitrogen and oxygen atoms in total. The van der Waals surface area contributed by atoms with E-state index in [0.717, 1.165) is 16.9 Å². The number of ether oxygens (including phenoxy) is 1. The van der Waals surface area contributed by atoms with Crippen molar-refractivity contribution in [2.24, 2.45) is 0 Å². The quantitative estimate of drug-likeness (QED) is 0.626. The van der Waals surface area contributed by atoms with Gasteiger partial charge in [0.1, 0.15) is 5.75 Å². The van der Waals surface area contributed by atoms with Crippen molar-refractivity contribution in [3.05, 3.63) is 54.3 Å². The molecule has 0 aliphatic carbocycles. The summed E-state index contributed by atoms with van der Waals surface area (Å²) in [6.45, 7) is 11.4. The van der Waals surface area contributed by atoms with E-state index in [0.29, 0.717) is 11.1 Å². The molecule has 0 heterocycles. The van der Waals surface area contributed by atoms with Gasteiger partial charge in [0.05, 0.1) is 12.9 Å². The highest BCUT2D eigenvalue weighted by Crippen LogP contribution is 2.29. The van der Waals surface area contributed by atoms with Gasteiger partial charge >= 0.3 is 0 Å². The molecular weight excluding hydrogens is 212 g/mol. The molecule has 90 valence electrons. The van der Waals surface area contributed by atoms with E-state index in [9.17, 15) is 5.11 Å². The maximum absolute atomic E-state index is 9.76. The second-order valence-electron chi connectivity index (χ2n) is 3.85. The Morgan fingerprint density at radius 3 is 2.53 bits per heavy atom. The number of phenolic OH excluding ortho intramolecular Hbond substituents is 1. The van der Waals surface area contributed by atoms with E-state index in [-0.39, 0.29) is 5.75 Å². The van der Waals surface area contributed by atoms with Crippen LogP contribution in [0.2, 0.25) is 0 Å². The van der Waals surface area contributed by atoms with Gasteiger partial charge in [0.25, 0.3) is 0 Å². The number of aromatic hydroxyl groups is 1. The molecule has 1 aromatic rings. The molecule has 0 unspecified atom stereocenters. The maximum Gasteiger partial charge on any atom is 0.123 e. The summed E-state index contributed by atoms with van der Waals surface area (Å²) in [6.07, 6.45) is 1.63. The van der Waals surface area contributed by atoms with Crippen molar-refractivity contribution in [3.63, 3.8) is 0 Å². The molecule has 0 aliphatic rings. The van der Waals surface area contributed by atoms with Gasteiger partial charge in [-0.25, -0.2) is 0 Å². The van der Waals surface area contributed by atoms with Crippen molar-refractivity contribution in [2.75, 3.05) is 7.11 Å². The number of phenols is 1. The van der Waals surface area contributed by atoms with Gasteiger partial charge in [-0.05, 0) is 42.7 Å². The predicted octanol–water partition coefficient (Wildman–Crippen LogP) is 3.99. The second-order valence-corrected chi connectivity index (χ2v) is 3.85. The van der Waals surface area contributed by atoms with Gasteiger partial charge in [-0.3, -0.25) is 0 Å². The standard InChI is InChI=1S/C15H18O2/c1-6-10(2)14-9-13(7-8-15(14)16)11(3)12(4)17-5/h6-9,16H,1-2H2,3-5H3/b12-11-. The lowest BCUT2D eigenvalue weighted by Crippen LogP contribution is -1.90. The zero-order valence-electron chi connectivity index (χ0n) is 10.6. The Morgan fingerprint density at radius 1 is 1.35 bits per heavy atom. The molecule has 0 radical (unpaired) electrons. The van der Waals surface area contributed by atoms with Crippen LogP contribution < -0.4 is 0 Å². The minimum absolute atomic E-state index is 0.210. The molecule has 0 aliphatic heterocycles. The van der Waals surface area contributed by atoms with Crippen LogP contribution >= 0.6 is 0 Å². The summed E-state index contributed by atoms with van der Waals surface area (Å²) < 4.78 is 5.20. The molecule has 0 aromatic heterocycles. The monoisotopic (exact) mass is 230 g/mol. The normalized spacial score (nSPS) is 11.7. The zero-order chi connectivity index (χ0) is 13.0. The van der Waals surface area contributed by atoms with Crippen LogP contribution in [-0.4, -0.2) is 12.2 Å². The molecule has 0 bridgehead atoms. The average molecular weight is 230 g/mol. The summed E-state index contributed by atoms with van der Waals surface area (Å²) in [5, 5.41) is 9.76. The Morgan fingerprint density at radius 2 is 2.00 bits per heavy atom. The van der Waals surface area contributed by atoms with Gasteiger partial charge in [-0.2, -0.15) is 0 Å². The summed E-state index contributed by atoms with van der Waals surface area (Å²) in [4.78, 5) is 0. The third kappa shape index (κ3) is 2.78. The van der Waals surface area contributed by atoms with Gasteiger partial charge in [0.2, 0.25) is 0 Å². The lowest BCUT2D eigenvalue weighted by Gasteiger charge is -2.10. The number of methoxy groups -OCH3 is 1. The Labute approximate surface area is 103 Å². The molecule has 1 aromatic carbocycles. The van der Waals surface area contributed by atoms with Crippen molar-refractivity contribution < 1.29 is 9.84 Å². The predicted molar refractivity (Wildman–Crippen MR) is 72.6 cm³/mol. The van der Waals surface area contributed by atoms with Crippen molar-refractivity contribution in [2.45, 2.75) is 13.8 Å². The van der Waals surface area contributed by atoms with E-state index in [1.165, 1.54) is 0 Å². The summed E-state index contributed by atoms with van der Waals surface area (Å²) in [5.74, 6) is 1.06. The van der Waals surface area contributed by atoms with Crippen LogP contribution in [0.4, 0.5) is 0 Å². The minimum Gasteiger partial charge on any atom is -0.507 e. The largest absolute Gasteiger partial charge is 0.507 e. The van der Waals surface area contributed by atoms with Crippen molar-refractivity contribution >= 4 is 11.1 Å². The van der Waals surface area contributed by atoms with E-state index >= 15 is 0 Å². The third-order valence-electron chi connectivity index (χ3n) is 2.86. The van der Waals surface area contributed by atoms with Crippen LogP contribution in [0.15, 0.2) is 43.2 Å². The van der Waals surface area contributed by atoms with Crippen LogP contribution in [-0.2, 0) is 4.74 Å². The lowest BCUT2D eigenvalue weighted by atomic mass is 9.99. The van der Waals surface area contributed by atoms with Gasteiger partial charge in [-0.1, -0.05) is 25.3 Å². The fourth-order valence-electron chi connectivity index (χ4n) is 1.49. The first-order valence-electron chi connectivity index (χ1n) is 5.37. The molecule has 0 atom stereocenters. The SMILES string of the molecule is C=CC(=C)c1cc(/C(C)=C(/C)OC)ccc1O. The van der Waals surface area contributed by atoms with Gasteiger partial charge in [0, 0.05) is 5.56 Å². The van der Waals surface area contributed by atoms with E-state index in [4.69, 9.17) is 4.74 Å². The molecule has 0 amide bonds. The van der Waals surface area contributed by atoms with Crippen molar-refractivity contribution in [1.29, 1.82) is 0 Å². The van der Waals surface area contributed by atoms with Crippen LogP contribution in [0.1, 0.15) is 25.0 Å². The molecule has 17 heavy (non-hydrogen) atoms. The number of hydrogen-bond donors (Lipinski definition) is 1. The van der Waals surface area contributed by atoms with Crippen LogP contribution in [0, 0.1) is 0 Å². The smallest absolute Gasteiger partial charge is 0.123 e. The van der Waals surface area contributed by atoms with Gasteiger partial charge < -0.3 is 9.84 Å². The Bertz CT molecular complexity index is 482. The molecule has 1 N–H and O–H groups in total. The zero-order valence-corrected chi connectivity index (χ0v) is 10.6. The molecule has 0 saturated heterocycles. The molecule has 0 fully saturated rings. The summed E-state index contributed by atoms with van der Waals surface area (Å²) in [5.41, 5.74) is 3.43. The van der Waals surface area contributed by atoms with E-state index in [1.54, 1.807) is 19.3 Å². The van der Waals surface area contributed by atoms with E-state index in [1.807, 2.05) is 26.0 Å². The number of benzene rings is 1. The van der Waals surface area contributed by atoms with Gasteiger partial charge in [0.15, 0.2) is 0 Å². The fourth-order valence-corrected chi connectivity index (χ4v) is 1.49. The Kier molecular flexibility index (Phi) is 4.16. The number of hydrogen-bond acceptors (Lipinski definition) is 2. The molecule has 2 heteroatoms. The van der Waals surface area contributed by atoms with Crippen LogP contribution in [0.3, 0.4) is 0 Å².